The molecule has 0 bridgehead atoms. The number of carbonyl (C=O) groups is 2. The zero-order valence-corrected chi connectivity index (χ0v) is 11.0. The van der Waals surface area contributed by atoms with Gasteiger partial charge in [0.05, 0.1) is 13.2 Å². The van der Waals surface area contributed by atoms with Gasteiger partial charge in [0.1, 0.15) is 0 Å². The molecular formula is C12H23N3O3. The van der Waals surface area contributed by atoms with E-state index < -0.39 is 0 Å². The number of rotatable bonds is 8. The minimum atomic E-state index is -0.0845. The number of hydrogen-bond acceptors (Lipinski definition) is 4. The molecule has 1 heterocycles. The Morgan fingerprint density at radius 2 is 2.17 bits per heavy atom. The molecule has 0 aromatic carbocycles. The molecule has 6 heteroatoms. The summed E-state index contributed by atoms with van der Waals surface area (Å²) < 4.78 is 4.89. The topological polar surface area (TPSA) is 70.7 Å². The van der Waals surface area contributed by atoms with Crippen LogP contribution in [0.5, 0.6) is 0 Å². The summed E-state index contributed by atoms with van der Waals surface area (Å²) in [6, 6.07) is 0. The largest absolute Gasteiger partial charge is 0.383 e. The van der Waals surface area contributed by atoms with E-state index in [0.29, 0.717) is 32.7 Å². The highest BCUT2D eigenvalue weighted by Gasteiger charge is 2.19. The van der Waals surface area contributed by atoms with E-state index in [4.69, 9.17) is 4.74 Å². The van der Waals surface area contributed by atoms with Crippen molar-refractivity contribution in [1.82, 2.24) is 15.5 Å². The maximum atomic E-state index is 11.6. The Bertz CT molecular complexity index is 271. The summed E-state index contributed by atoms with van der Waals surface area (Å²) in [5.74, 6) is 0.00779. The highest BCUT2D eigenvalue weighted by molar-refractivity contribution is 5.85. The number of nitrogens with one attached hydrogen (secondary N) is 2. The molecule has 1 rings (SSSR count). The number of carbonyl (C=O) groups excluding carboxylic acids is 2. The summed E-state index contributed by atoms with van der Waals surface area (Å²) in [6.45, 7) is 3.62. The fourth-order valence-corrected chi connectivity index (χ4v) is 1.85. The fourth-order valence-electron chi connectivity index (χ4n) is 1.85. The standard InChI is InChI=1S/C12H23N3O3/c1-18-9-7-13-5-6-14-11(16)10-15-8-3-2-4-12(15)17/h13H,2-10H2,1H3,(H,14,16). The first kappa shape index (κ1) is 14.9. The van der Waals surface area contributed by atoms with Crippen LogP contribution in [0, 0.1) is 0 Å². The number of amides is 2. The number of piperidine rings is 1. The molecular weight excluding hydrogens is 234 g/mol. The lowest BCUT2D eigenvalue weighted by Crippen LogP contribution is -2.44. The molecule has 0 aliphatic carbocycles. The minimum absolute atomic E-state index is 0.0845. The Balaban J connectivity index is 2.04. The van der Waals surface area contributed by atoms with Gasteiger partial charge in [0.25, 0.3) is 0 Å². The molecule has 1 aliphatic heterocycles. The predicted molar refractivity (Wildman–Crippen MR) is 68.2 cm³/mol. The molecule has 1 fully saturated rings. The Morgan fingerprint density at radius 3 is 2.89 bits per heavy atom. The summed E-state index contributed by atoms with van der Waals surface area (Å²) in [5, 5.41) is 5.93. The molecule has 0 aromatic rings. The third-order valence-corrected chi connectivity index (χ3v) is 2.86. The number of methoxy groups -OCH3 is 1. The van der Waals surface area contributed by atoms with Crippen molar-refractivity contribution >= 4 is 11.8 Å². The van der Waals surface area contributed by atoms with Gasteiger partial charge in [0.2, 0.25) is 11.8 Å². The van der Waals surface area contributed by atoms with Crippen LogP contribution in [0.2, 0.25) is 0 Å². The Hall–Kier alpha value is -1.14. The number of likely N-dealkylation sites (tertiary alicyclic amines) is 1. The zero-order valence-electron chi connectivity index (χ0n) is 11.0. The second-order valence-corrected chi connectivity index (χ2v) is 4.37. The van der Waals surface area contributed by atoms with E-state index >= 15 is 0 Å². The lowest BCUT2D eigenvalue weighted by Gasteiger charge is -2.25. The van der Waals surface area contributed by atoms with Gasteiger partial charge in [-0.3, -0.25) is 9.59 Å². The SMILES string of the molecule is COCCNCCNC(=O)CN1CCCCC1=O. The summed E-state index contributed by atoms with van der Waals surface area (Å²) in [6.07, 6.45) is 2.52. The van der Waals surface area contributed by atoms with Crippen LogP contribution < -0.4 is 10.6 Å². The molecule has 1 aliphatic rings. The fraction of sp³-hybridized carbons (Fsp3) is 0.833. The van der Waals surface area contributed by atoms with Gasteiger partial charge in [-0.05, 0) is 12.8 Å². The van der Waals surface area contributed by atoms with Gasteiger partial charge in [0.15, 0.2) is 0 Å². The first-order valence-corrected chi connectivity index (χ1v) is 6.48. The molecule has 2 N–H and O–H groups in total. The summed E-state index contributed by atoms with van der Waals surface area (Å²) in [7, 11) is 1.65. The molecule has 0 aromatic heterocycles. The van der Waals surface area contributed by atoms with Crippen LogP contribution in [0.1, 0.15) is 19.3 Å². The molecule has 0 spiro atoms. The van der Waals surface area contributed by atoms with Crippen LogP contribution in [-0.2, 0) is 14.3 Å². The summed E-state index contributed by atoms with van der Waals surface area (Å²) in [4.78, 5) is 24.7. The van der Waals surface area contributed by atoms with Gasteiger partial charge in [-0.25, -0.2) is 0 Å². The predicted octanol–water partition coefficient (Wildman–Crippen LogP) is -0.649. The van der Waals surface area contributed by atoms with Crippen LogP contribution in [0.25, 0.3) is 0 Å². The van der Waals surface area contributed by atoms with E-state index in [1.165, 1.54) is 0 Å². The van der Waals surface area contributed by atoms with E-state index in [2.05, 4.69) is 10.6 Å². The van der Waals surface area contributed by atoms with E-state index in [9.17, 15) is 9.59 Å². The van der Waals surface area contributed by atoms with Crippen LogP contribution in [0.4, 0.5) is 0 Å². The highest BCUT2D eigenvalue weighted by atomic mass is 16.5. The number of ether oxygens (including phenoxy) is 1. The molecule has 0 radical (unpaired) electrons. The Labute approximate surface area is 108 Å². The Morgan fingerprint density at radius 1 is 1.33 bits per heavy atom. The molecule has 18 heavy (non-hydrogen) atoms. The molecule has 2 amide bonds. The quantitative estimate of drug-likeness (QED) is 0.567. The normalized spacial score (nSPS) is 15.8. The number of nitrogens with zero attached hydrogens (tertiary/aromatic N) is 1. The van der Waals surface area contributed by atoms with Crippen LogP contribution in [0.15, 0.2) is 0 Å². The summed E-state index contributed by atoms with van der Waals surface area (Å²) in [5.41, 5.74) is 0. The smallest absolute Gasteiger partial charge is 0.239 e. The van der Waals surface area contributed by atoms with Gasteiger partial charge in [0, 0.05) is 39.7 Å². The van der Waals surface area contributed by atoms with Crippen molar-refractivity contribution in [3.05, 3.63) is 0 Å². The average Bonchev–Trinajstić information content (AvgIpc) is 2.36. The lowest BCUT2D eigenvalue weighted by molar-refractivity contribution is -0.137. The maximum Gasteiger partial charge on any atom is 0.239 e. The molecule has 6 nitrogen and oxygen atoms in total. The molecule has 104 valence electrons. The zero-order chi connectivity index (χ0) is 13.2. The van der Waals surface area contributed by atoms with Crippen LogP contribution >= 0.6 is 0 Å². The van der Waals surface area contributed by atoms with Crippen molar-refractivity contribution in [2.75, 3.05) is 46.4 Å². The third kappa shape index (κ3) is 5.97. The lowest BCUT2D eigenvalue weighted by atomic mass is 10.1. The number of hydrogen-bond donors (Lipinski definition) is 2. The van der Waals surface area contributed by atoms with E-state index in [0.717, 1.165) is 19.4 Å². The average molecular weight is 257 g/mol. The maximum absolute atomic E-state index is 11.6. The molecule has 0 unspecified atom stereocenters. The van der Waals surface area contributed by atoms with Gasteiger partial charge >= 0.3 is 0 Å². The van der Waals surface area contributed by atoms with Crippen molar-refractivity contribution in [3.8, 4) is 0 Å². The van der Waals surface area contributed by atoms with Crippen molar-refractivity contribution in [1.29, 1.82) is 0 Å². The first-order valence-electron chi connectivity index (χ1n) is 6.48. The Kier molecular flexibility index (Phi) is 7.36. The third-order valence-electron chi connectivity index (χ3n) is 2.86. The van der Waals surface area contributed by atoms with Crippen LogP contribution in [0.3, 0.4) is 0 Å². The second kappa shape index (κ2) is 8.88. The van der Waals surface area contributed by atoms with E-state index in [1.54, 1.807) is 12.0 Å². The molecule has 0 saturated carbocycles. The van der Waals surface area contributed by atoms with Crippen molar-refractivity contribution in [2.45, 2.75) is 19.3 Å². The van der Waals surface area contributed by atoms with Crippen LogP contribution in [-0.4, -0.2) is 63.2 Å². The summed E-state index contributed by atoms with van der Waals surface area (Å²) >= 11 is 0. The van der Waals surface area contributed by atoms with E-state index in [1.807, 2.05) is 0 Å². The minimum Gasteiger partial charge on any atom is -0.383 e. The van der Waals surface area contributed by atoms with Gasteiger partial charge in [-0.2, -0.15) is 0 Å². The molecule has 0 atom stereocenters. The van der Waals surface area contributed by atoms with Gasteiger partial charge in [-0.15, -0.1) is 0 Å². The highest BCUT2D eigenvalue weighted by Crippen LogP contribution is 2.09. The van der Waals surface area contributed by atoms with E-state index in [-0.39, 0.29) is 18.4 Å². The van der Waals surface area contributed by atoms with Crippen molar-refractivity contribution < 1.29 is 14.3 Å². The van der Waals surface area contributed by atoms with Crippen molar-refractivity contribution in [2.24, 2.45) is 0 Å². The first-order chi connectivity index (χ1) is 8.74. The monoisotopic (exact) mass is 257 g/mol. The van der Waals surface area contributed by atoms with Crippen molar-refractivity contribution in [3.63, 3.8) is 0 Å². The second-order valence-electron chi connectivity index (χ2n) is 4.37. The molecule has 1 saturated heterocycles. The van der Waals surface area contributed by atoms with Gasteiger partial charge < -0.3 is 20.3 Å². The van der Waals surface area contributed by atoms with Gasteiger partial charge in [-0.1, -0.05) is 0 Å².